The van der Waals surface area contributed by atoms with E-state index < -0.39 is 0 Å². The van der Waals surface area contributed by atoms with Crippen LogP contribution in [0.4, 0.5) is 11.4 Å². The molecule has 3 unspecified atom stereocenters. The van der Waals surface area contributed by atoms with Crippen LogP contribution in [0.1, 0.15) is 120 Å². The van der Waals surface area contributed by atoms with E-state index in [1.165, 1.54) is 88.1 Å². The van der Waals surface area contributed by atoms with Crippen molar-refractivity contribution in [2.45, 2.75) is 116 Å². The number of nitrogens with one attached hydrogen (secondary N) is 1. The number of ether oxygens (including phenoxy) is 1. The van der Waals surface area contributed by atoms with Gasteiger partial charge in [-0.25, -0.2) is 0 Å². The lowest BCUT2D eigenvalue weighted by Gasteiger charge is -2.35. The molecule has 0 aromatic heterocycles. The number of nitrogens with zero attached hydrogens (tertiary/aromatic N) is 1. The molecular formula is C43H52N2O. The second-order valence-corrected chi connectivity index (χ2v) is 13.7. The van der Waals surface area contributed by atoms with Crippen LogP contribution in [0.5, 0.6) is 0 Å². The van der Waals surface area contributed by atoms with Gasteiger partial charge in [0.25, 0.3) is 0 Å². The maximum absolute atomic E-state index is 7.01. The van der Waals surface area contributed by atoms with Crippen LogP contribution in [-0.2, 0) is 11.2 Å². The molecule has 3 atom stereocenters. The summed E-state index contributed by atoms with van der Waals surface area (Å²) in [7, 11) is 0. The molecule has 240 valence electrons. The molecule has 0 spiro atoms. The van der Waals surface area contributed by atoms with Crippen molar-refractivity contribution in [3.8, 4) is 0 Å². The highest BCUT2D eigenvalue weighted by molar-refractivity contribution is 5.74. The summed E-state index contributed by atoms with van der Waals surface area (Å²) in [5.74, 6) is 1.45. The van der Waals surface area contributed by atoms with Crippen molar-refractivity contribution in [1.29, 1.82) is 0 Å². The van der Waals surface area contributed by atoms with Gasteiger partial charge in [0, 0.05) is 35.2 Å². The van der Waals surface area contributed by atoms with Crippen molar-refractivity contribution < 1.29 is 4.74 Å². The van der Waals surface area contributed by atoms with E-state index in [1.807, 2.05) is 0 Å². The third-order valence-electron chi connectivity index (χ3n) is 10.8. The predicted octanol–water partition coefficient (Wildman–Crippen LogP) is 11.4. The Morgan fingerprint density at radius 1 is 0.935 bits per heavy atom. The fourth-order valence-corrected chi connectivity index (χ4v) is 8.52. The Labute approximate surface area is 277 Å². The molecule has 0 radical (unpaired) electrons. The van der Waals surface area contributed by atoms with Crippen LogP contribution < -0.4 is 10.2 Å². The molecule has 5 aliphatic rings. The summed E-state index contributed by atoms with van der Waals surface area (Å²) in [6, 6.07) is 14.6. The van der Waals surface area contributed by atoms with Crippen LogP contribution in [0.15, 0.2) is 95.0 Å². The largest absolute Gasteiger partial charge is 0.485 e. The average Bonchev–Trinajstić information content (AvgIpc) is 3.49. The molecule has 0 bridgehead atoms. The minimum atomic E-state index is 0.0704. The standard InChI is InChI=1S/C43H52N2O/c1-4-7-13-29-45(34-16-9-8-10-17-34)35-24-22-33(23-25-35)44-38-27-26-37-42-39(46-43(37)41(38)30(6-3)14-5-2)28-21-32-20-19-31-15-11-12-18-36(31)40(32)42/h8-9,12,14,18-25,28,34,39,42,44H,4-7,10-11,13,15-17,26-27,29H2,1-3H3/b30-14+. The van der Waals surface area contributed by atoms with E-state index in [-0.39, 0.29) is 6.10 Å². The van der Waals surface area contributed by atoms with Crippen molar-refractivity contribution in [1.82, 2.24) is 0 Å². The SMILES string of the molecule is CC/C=C(\CC)C1=C(Nc2ccc(N(CCCCC)C3CC=CCC3)cc2)CCC2=C1OC1C=Cc3ccc4c(c3C21)C=CCC4. The Bertz CT molecular complexity index is 1610. The van der Waals surface area contributed by atoms with E-state index >= 15 is 0 Å². The highest BCUT2D eigenvalue weighted by atomic mass is 16.5. The van der Waals surface area contributed by atoms with Crippen molar-refractivity contribution in [3.05, 3.63) is 117 Å². The molecule has 0 amide bonds. The van der Waals surface area contributed by atoms with Gasteiger partial charge in [-0.15, -0.1) is 0 Å². The summed E-state index contributed by atoms with van der Waals surface area (Å²) in [4.78, 5) is 2.68. The van der Waals surface area contributed by atoms with E-state index in [0.29, 0.717) is 12.0 Å². The maximum atomic E-state index is 7.01. The average molecular weight is 613 g/mol. The zero-order valence-electron chi connectivity index (χ0n) is 28.3. The minimum absolute atomic E-state index is 0.0704. The Hall–Kier alpha value is -3.72. The Morgan fingerprint density at radius 2 is 1.83 bits per heavy atom. The number of anilines is 2. The maximum Gasteiger partial charge on any atom is 0.129 e. The lowest BCUT2D eigenvalue weighted by molar-refractivity contribution is 0.178. The van der Waals surface area contributed by atoms with E-state index in [1.54, 1.807) is 0 Å². The molecular weight excluding hydrogens is 560 g/mol. The highest BCUT2D eigenvalue weighted by Crippen LogP contribution is 2.53. The number of hydrogen-bond acceptors (Lipinski definition) is 3. The molecule has 1 aliphatic heterocycles. The molecule has 0 fully saturated rings. The first kappa shape index (κ1) is 30.9. The zero-order valence-corrected chi connectivity index (χ0v) is 28.3. The summed E-state index contributed by atoms with van der Waals surface area (Å²) >= 11 is 0. The Balaban J connectivity index is 1.22. The zero-order chi connectivity index (χ0) is 31.5. The normalized spacial score (nSPS) is 23.1. The summed E-state index contributed by atoms with van der Waals surface area (Å²) in [6.45, 7) is 7.98. The number of hydrogen-bond donors (Lipinski definition) is 1. The number of allylic oxidation sites excluding steroid dienone is 5. The van der Waals surface area contributed by atoms with Crippen molar-refractivity contribution in [2.24, 2.45) is 0 Å². The van der Waals surface area contributed by atoms with Crippen molar-refractivity contribution >= 4 is 23.5 Å². The van der Waals surface area contributed by atoms with Gasteiger partial charge < -0.3 is 15.0 Å². The van der Waals surface area contributed by atoms with Crippen LogP contribution in [0, 0.1) is 0 Å². The van der Waals surface area contributed by atoms with Crippen LogP contribution in [0.2, 0.25) is 0 Å². The van der Waals surface area contributed by atoms with Gasteiger partial charge in [-0.05, 0) is 128 Å². The van der Waals surface area contributed by atoms with Crippen molar-refractivity contribution in [2.75, 3.05) is 16.8 Å². The van der Waals surface area contributed by atoms with Crippen LogP contribution in [0.3, 0.4) is 0 Å². The monoisotopic (exact) mass is 612 g/mol. The number of aryl methyl sites for hydroxylation is 1. The molecule has 7 rings (SSSR count). The number of unbranched alkanes of at least 4 members (excludes halogenated alkanes) is 2. The first-order chi connectivity index (χ1) is 22.7. The fraction of sp³-hybridized carbons (Fsp3) is 0.442. The number of benzene rings is 2. The van der Waals surface area contributed by atoms with Gasteiger partial charge in [0.1, 0.15) is 11.9 Å². The first-order valence-electron chi connectivity index (χ1n) is 18.3. The predicted molar refractivity (Wildman–Crippen MR) is 196 cm³/mol. The Morgan fingerprint density at radius 3 is 2.61 bits per heavy atom. The van der Waals surface area contributed by atoms with Gasteiger partial charge in [-0.1, -0.05) is 82.2 Å². The van der Waals surface area contributed by atoms with Gasteiger partial charge in [0.2, 0.25) is 0 Å². The van der Waals surface area contributed by atoms with Crippen LogP contribution >= 0.6 is 0 Å². The Kier molecular flexibility index (Phi) is 9.38. The first-order valence-corrected chi connectivity index (χ1v) is 18.3. The van der Waals surface area contributed by atoms with Gasteiger partial charge in [-0.3, -0.25) is 0 Å². The van der Waals surface area contributed by atoms with E-state index in [9.17, 15) is 0 Å². The molecule has 2 aromatic rings. The molecule has 2 aromatic carbocycles. The molecule has 0 saturated carbocycles. The topological polar surface area (TPSA) is 24.5 Å². The molecule has 46 heavy (non-hydrogen) atoms. The van der Waals surface area contributed by atoms with E-state index in [2.05, 4.69) is 110 Å². The third-order valence-corrected chi connectivity index (χ3v) is 10.8. The van der Waals surface area contributed by atoms with E-state index in [4.69, 9.17) is 4.74 Å². The van der Waals surface area contributed by atoms with Crippen molar-refractivity contribution in [3.63, 3.8) is 0 Å². The number of rotatable bonds is 11. The fourth-order valence-electron chi connectivity index (χ4n) is 8.52. The third kappa shape index (κ3) is 5.94. The summed E-state index contributed by atoms with van der Waals surface area (Å²) in [6.07, 6.45) is 30.3. The van der Waals surface area contributed by atoms with Crippen LogP contribution in [-0.4, -0.2) is 18.7 Å². The quantitative estimate of drug-likeness (QED) is 0.202. The lowest BCUT2D eigenvalue weighted by Crippen LogP contribution is -2.36. The highest BCUT2D eigenvalue weighted by Gasteiger charge is 2.43. The lowest BCUT2D eigenvalue weighted by atomic mass is 9.73. The molecule has 1 heterocycles. The molecule has 0 saturated heterocycles. The second kappa shape index (κ2) is 14.0. The summed E-state index contributed by atoms with van der Waals surface area (Å²) in [5.41, 5.74) is 13.8. The van der Waals surface area contributed by atoms with Gasteiger partial charge in [0.15, 0.2) is 0 Å². The molecule has 3 heteroatoms. The second-order valence-electron chi connectivity index (χ2n) is 13.7. The molecule has 4 aliphatic carbocycles. The minimum Gasteiger partial charge on any atom is -0.485 e. The summed E-state index contributed by atoms with van der Waals surface area (Å²) < 4.78 is 7.01. The van der Waals surface area contributed by atoms with Gasteiger partial charge in [-0.2, -0.15) is 0 Å². The molecule has 1 N–H and O–H groups in total. The molecule has 3 nitrogen and oxygen atoms in total. The summed E-state index contributed by atoms with van der Waals surface area (Å²) in [5, 5.41) is 3.93. The van der Waals surface area contributed by atoms with Crippen LogP contribution in [0.25, 0.3) is 12.2 Å². The van der Waals surface area contributed by atoms with Gasteiger partial charge >= 0.3 is 0 Å². The smallest absolute Gasteiger partial charge is 0.129 e. The van der Waals surface area contributed by atoms with E-state index in [0.717, 1.165) is 57.2 Å². The van der Waals surface area contributed by atoms with Gasteiger partial charge in [0.05, 0.1) is 5.92 Å². The number of fused-ring (bicyclic) bond motifs is 6.